The number of anilines is 1. The summed E-state index contributed by atoms with van der Waals surface area (Å²) >= 11 is 0. The second-order valence-electron chi connectivity index (χ2n) is 9.25. The van der Waals surface area contributed by atoms with Crippen LogP contribution in [0, 0.1) is 0 Å². The number of oxime groups is 1. The third-order valence-electron chi connectivity index (χ3n) is 4.60. The summed E-state index contributed by atoms with van der Waals surface area (Å²) in [5, 5.41) is 17.5. The lowest BCUT2D eigenvalue weighted by atomic mass is 9.79. The summed E-state index contributed by atoms with van der Waals surface area (Å²) < 4.78 is 5.10. The van der Waals surface area contributed by atoms with E-state index in [-0.39, 0.29) is 29.1 Å². The first kappa shape index (κ1) is 23.3. The van der Waals surface area contributed by atoms with E-state index in [0.717, 1.165) is 22.4 Å². The smallest absolute Gasteiger partial charge is 0.265 e. The van der Waals surface area contributed by atoms with Gasteiger partial charge in [-0.15, -0.1) is 0 Å². The van der Waals surface area contributed by atoms with Gasteiger partial charge in [0.2, 0.25) is 0 Å². The fraction of sp³-hybridized carbons (Fsp3) is 0.417. The number of carbonyl (C=O) groups is 1. The highest BCUT2D eigenvalue weighted by atomic mass is 16.6. The predicted molar refractivity (Wildman–Crippen MR) is 121 cm³/mol. The van der Waals surface area contributed by atoms with Crippen molar-refractivity contribution >= 4 is 17.8 Å². The van der Waals surface area contributed by atoms with Gasteiger partial charge in [-0.2, -0.15) is 0 Å². The third-order valence-corrected chi connectivity index (χ3v) is 4.60. The molecule has 162 valence electrons. The summed E-state index contributed by atoms with van der Waals surface area (Å²) in [4.78, 5) is 17.4. The Kier molecular flexibility index (Phi) is 7.13. The third kappa shape index (κ3) is 6.24. The highest BCUT2D eigenvalue weighted by molar-refractivity contribution is 5.92. The Balaban J connectivity index is 2.07. The first-order chi connectivity index (χ1) is 13.9. The maximum Gasteiger partial charge on any atom is 0.265 e. The molecule has 0 saturated heterocycles. The van der Waals surface area contributed by atoms with Crippen molar-refractivity contribution in [1.29, 1.82) is 0 Å². The van der Waals surface area contributed by atoms with Crippen LogP contribution in [0.3, 0.4) is 0 Å². The second kappa shape index (κ2) is 9.20. The van der Waals surface area contributed by atoms with Gasteiger partial charge in [-0.1, -0.05) is 46.7 Å². The van der Waals surface area contributed by atoms with Gasteiger partial charge in [-0.05, 0) is 52.8 Å². The number of methoxy groups -OCH3 is 1. The predicted octanol–water partition coefficient (Wildman–Crippen LogP) is 4.99. The van der Waals surface area contributed by atoms with E-state index >= 15 is 0 Å². The van der Waals surface area contributed by atoms with Crippen molar-refractivity contribution in [2.24, 2.45) is 5.16 Å². The lowest BCUT2D eigenvalue weighted by Crippen LogP contribution is -2.21. The van der Waals surface area contributed by atoms with E-state index < -0.39 is 0 Å². The molecule has 0 aliphatic carbocycles. The molecule has 2 aromatic rings. The van der Waals surface area contributed by atoms with Gasteiger partial charge in [0.1, 0.15) is 11.5 Å². The van der Waals surface area contributed by atoms with Crippen LogP contribution >= 0.6 is 0 Å². The molecular formula is C24H32N2O4. The van der Waals surface area contributed by atoms with Crippen molar-refractivity contribution in [3.05, 3.63) is 53.1 Å². The number of amides is 1. The molecule has 0 fully saturated rings. The summed E-state index contributed by atoms with van der Waals surface area (Å²) in [6.45, 7) is 11.9. The van der Waals surface area contributed by atoms with Crippen LogP contribution in [0.1, 0.15) is 58.2 Å². The zero-order chi connectivity index (χ0) is 22.5. The van der Waals surface area contributed by atoms with Gasteiger partial charge in [0.25, 0.3) is 5.91 Å². The number of aromatic hydroxyl groups is 1. The molecule has 2 N–H and O–H groups in total. The normalized spacial score (nSPS) is 12.1. The van der Waals surface area contributed by atoms with E-state index in [1.54, 1.807) is 7.11 Å². The van der Waals surface area contributed by atoms with Crippen molar-refractivity contribution < 1.29 is 19.5 Å². The van der Waals surface area contributed by atoms with Crippen molar-refractivity contribution in [2.45, 2.75) is 52.4 Å². The molecule has 0 bridgehead atoms. The topological polar surface area (TPSA) is 80.2 Å². The number of hydrogen-bond donors (Lipinski definition) is 2. The fourth-order valence-electron chi connectivity index (χ4n) is 2.93. The Bertz CT molecular complexity index is 869. The lowest BCUT2D eigenvalue weighted by molar-refractivity contribution is -0.120. The Labute approximate surface area is 178 Å². The molecule has 0 aliphatic heterocycles. The standard InChI is InChI=1S/C24H32N2O4/c1-23(2,3)19-12-17(13-20(22(19)28)24(4,5)6)26-21(27)15-30-25-14-16-8-10-18(29-7)11-9-16/h8-14,28H,15H2,1-7H3,(H,26,27)/b25-14+. The Hall–Kier alpha value is -3.02. The molecule has 1 amide bonds. The number of nitrogens with zero attached hydrogens (tertiary/aromatic N) is 1. The van der Waals surface area contributed by atoms with Crippen LogP contribution in [0.5, 0.6) is 11.5 Å². The van der Waals surface area contributed by atoms with E-state index in [1.165, 1.54) is 6.21 Å². The van der Waals surface area contributed by atoms with Gasteiger partial charge in [-0.3, -0.25) is 4.79 Å². The Morgan fingerprint density at radius 2 is 1.57 bits per heavy atom. The molecule has 0 aromatic heterocycles. The number of phenols is 1. The molecule has 0 atom stereocenters. The zero-order valence-electron chi connectivity index (χ0n) is 18.9. The summed E-state index contributed by atoms with van der Waals surface area (Å²) in [7, 11) is 1.60. The van der Waals surface area contributed by atoms with Crippen LogP contribution in [0.15, 0.2) is 41.6 Å². The minimum absolute atomic E-state index is 0.219. The van der Waals surface area contributed by atoms with Gasteiger partial charge in [0, 0.05) is 16.8 Å². The van der Waals surface area contributed by atoms with Crippen LogP contribution in [-0.2, 0) is 20.5 Å². The van der Waals surface area contributed by atoms with E-state index in [9.17, 15) is 9.90 Å². The molecule has 0 radical (unpaired) electrons. The van der Waals surface area contributed by atoms with Gasteiger partial charge >= 0.3 is 0 Å². The molecule has 0 heterocycles. The SMILES string of the molecule is COc1ccc(/C=N/OCC(=O)Nc2cc(C(C)(C)C)c(O)c(C(C)(C)C)c2)cc1. The molecule has 0 saturated carbocycles. The number of rotatable bonds is 6. The van der Waals surface area contributed by atoms with Gasteiger partial charge < -0.3 is 20.0 Å². The van der Waals surface area contributed by atoms with Gasteiger partial charge in [0.15, 0.2) is 6.61 Å². The Morgan fingerprint density at radius 1 is 1.03 bits per heavy atom. The first-order valence-electron chi connectivity index (χ1n) is 9.89. The number of hydrogen-bond acceptors (Lipinski definition) is 5. The molecule has 0 aliphatic rings. The van der Waals surface area contributed by atoms with E-state index in [2.05, 4.69) is 10.5 Å². The number of phenolic OH excluding ortho intramolecular Hbond substituents is 1. The summed E-state index contributed by atoms with van der Waals surface area (Å²) in [6.07, 6.45) is 1.53. The molecule has 6 heteroatoms. The molecule has 0 unspecified atom stereocenters. The number of benzene rings is 2. The molecule has 30 heavy (non-hydrogen) atoms. The number of carbonyl (C=O) groups excluding carboxylic acids is 1. The van der Waals surface area contributed by atoms with Crippen LogP contribution in [0.25, 0.3) is 0 Å². The highest BCUT2D eigenvalue weighted by Crippen LogP contribution is 2.41. The molecule has 2 rings (SSSR count). The molecule has 2 aromatic carbocycles. The average molecular weight is 413 g/mol. The minimum Gasteiger partial charge on any atom is -0.507 e. The maximum atomic E-state index is 12.3. The Morgan fingerprint density at radius 3 is 2.03 bits per heavy atom. The monoisotopic (exact) mass is 412 g/mol. The van der Waals surface area contributed by atoms with E-state index in [0.29, 0.717) is 5.69 Å². The lowest BCUT2D eigenvalue weighted by Gasteiger charge is -2.28. The van der Waals surface area contributed by atoms with Crippen LogP contribution < -0.4 is 10.1 Å². The van der Waals surface area contributed by atoms with Crippen LogP contribution in [0.4, 0.5) is 5.69 Å². The quantitative estimate of drug-likeness (QED) is 0.398. The van der Waals surface area contributed by atoms with Gasteiger partial charge in [0.05, 0.1) is 13.3 Å². The fourth-order valence-corrected chi connectivity index (χ4v) is 2.93. The van der Waals surface area contributed by atoms with Crippen molar-refractivity contribution in [2.75, 3.05) is 19.0 Å². The van der Waals surface area contributed by atoms with Crippen molar-refractivity contribution in [1.82, 2.24) is 0 Å². The van der Waals surface area contributed by atoms with E-state index in [4.69, 9.17) is 9.57 Å². The first-order valence-corrected chi connectivity index (χ1v) is 9.89. The van der Waals surface area contributed by atoms with Crippen molar-refractivity contribution in [3.63, 3.8) is 0 Å². The maximum absolute atomic E-state index is 12.3. The highest BCUT2D eigenvalue weighted by Gasteiger charge is 2.26. The molecular weight excluding hydrogens is 380 g/mol. The largest absolute Gasteiger partial charge is 0.507 e. The summed E-state index contributed by atoms with van der Waals surface area (Å²) in [6, 6.07) is 10.9. The van der Waals surface area contributed by atoms with E-state index in [1.807, 2.05) is 77.9 Å². The zero-order valence-corrected chi connectivity index (χ0v) is 18.9. The average Bonchev–Trinajstić information content (AvgIpc) is 2.65. The minimum atomic E-state index is -0.327. The second-order valence-corrected chi connectivity index (χ2v) is 9.25. The van der Waals surface area contributed by atoms with Crippen LogP contribution in [-0.4, -0.2) is 30.9 Å². The number of ether oxygens (including phenoxy) is 1. The summed E-state index contributed by atoms with van der Waals surface area (Å²) in [5.74, 6) is 0.700. The van der Waals surface area contributed by atoms with Gasteiger partial charge in [-0.25, -0.2) is 0 Å². The molecule has 6 nitrogen and oxygen atoms in total. The molecule has 0 spiro atoms. The van der Waals surface area contributed by atoms with Crippen molar-refractivity contribution in [3.8, 4) is 11.5 Å². The van der Waals surface area contributed by atoms with Crippen LogP contribution in [0.2, 0.25) is 0 Å². The summed E-state index contributed by atoms with van der Waals surface area (Å²) in [5.41, 5.74) is 2.47. The number of nitrogens with one attached hydrogen (secondary N) is 1.